The molecule has 1 aromatic rings. The molecule has 0 aliphatic rings. The van der Waals surface area contributed by atoms with Crippen molar-refractivity contribution in [1.82, 2.24) is 0 Å². The van der Waals surface area contributed by atoms with Gasteiger partial charge in [0.05, 0.1) is 6.07 Å². The molecule has 1 aromatic heterocycles. The summed E-state index contributed by atoms with van der Waals surface area (Å²) in [5, 5.41) is 8.20. The molecule has 1 rings (SSSR count). The smallest absolute Gasteiger partial charge is 0.193 e. The third-order valence-electron chi connectivity index (χ3n) is 1.08. The molecule has 0 unspecified atom stereocenters. The molecule has 0 N–H and O–H groups in total. The standard InChI is InChI=1S/C8H7NS.CO2/c1-7-4-5-8(10-7)3-2-6-9;2-1-3/h2-5H,1H3;/b3-2-;. The van der Waals surface area contributed by atoms with E-state index >= 15 is 0 Å². The van der Waals surface area contributed by atoms with Crippen LogP contribution < -0.4 is 0 Å². The van der Waals surface area contributed by atoms with Crippen molar-refractivity contribution in [3.05, 3.63) is 28.0 Å². The van der Waals surface area contributed by atoms with E-state index in [4.69, 9.17) is 14.9 Å². The quantitative estimate of drug-likeness (QED) is 0.641. The fourth-order valence-corrected chi connectivity index (χ4v) is 1.44. The van der Waals surface area contributed by atoms with Crippen LogP contribution in [0, 0.1) is 18.3 Å². The van der Waals surface area contributed by atoms with Crippen molar-refractivity contribution in [3.8, 4) is 6.07 Å². The third-order valence-corrected chi connectivity index (χ3v) is 2.05. The molecule has 0 amide bonds. The van der Waals surface area contributed by atoms with Gasteiger partial charge in [-0.25, -0.2) is 0 Å². The predicted molar refractivity (Wildman–Crippen MR) is 48.7 cm³/mol. The molecule has 0 bridgehead atoms. The Kier molecular flexibility index (Phi) is 6.08. The topological polar surface area (TPSA) is 57.9 Å². The maximum absolute atomic E-state index is 8.20. The Balaban J connectivity index is 0.000000424. The van der Waals surface area contributed by atoms with Gasteiger partial charge in [-0.1, -0.05) is 0 Å². The number of nitriles is 1. The van der Waals surface area contributed by atoms with E-state index in [1.807, 2.05) is 31.2 Å². The fraction of sp³-hybridized carbons (Fsp3) is 0.111. The summed E-state index contributed by atoms with van der Waals surface area (Å²) in [6.45, 7) is 2.05. The third kappa shape index (κ3) is 5.57. The average Bonchev–Trinajstić information content (AvgIpc) is 2.49. The number of carbonyl (C=O) groups excluding carboxylic acids is 2. The Morgan fingerprint density at radius 2 is 2.08 bits per heavy atom. The summed E-state index contributed by atoms with van der Waals surface area (Å²) in [4.78, 5) is 18.7. The summed E-state index contributed by atoms with van der Waals surface area (Å²) >= 11 is 1.69. The van der Waals surface area contributed by atoms with Gasteiger partial charge in [0.1, 0.15) is 0 Å². The van der Waals surface area contributed by atoms with E-state index in [1.54, 1.807) is 11.3 Å². The summed E-state index contributed by atoms with van der Waals surface area (Å²) in [6.07, 6.45) is 3.56. The largest absolute Gasteiger partial charge is 0.373 e. The predicted octanol–water partition coefficient (Wildman–Crippen LogP) is 2.01. The van der Waals surface area contributed by atoms with Gasteiger partial charge < -0.3 is 0 Å². The zero-order valence-electron chi connectivity index (χ0n) is 6.98. The van der Waals surface area contributed by atoms with E-state index < -0.39 is 0 Å². The van der Waals surface area contributed by atoms with E-state index in [0.717, 1.165) is 4.88 Å². The van der Waals surface area contributed by atoms with Crippen molar-refractivity contribution in [2.45, 2.75) is 6.92 Å². The first-order valence-corrected chi connectivity index (χ1v) is 4.18. The maximum Gasteiger partial charge on any atom is 0.373 e. The van der Waals surface area contributed by atoms with Crippen molar-refractivity contribution in [3.63, 3.8) is 0 Å². The van der Waals surface area contributed by atoms with Gasteiger partial charge in [0.15, 0.2) is 0 Å². The van der Waals surface area contributed by atoms with Crippen molar-refractivity contribution in [2.24, 2.45) is 0 Å². The minimum absolute atomic E-state index is 0.250. The van der Waals surface area contributed by atoms with Crippen LogP contribution in [-0.4, -0.2) is 6.15 Å². The van der Waals surface area contributed by atoms with Crippen molar-refractivity contribution < 1.29 is 9.59 Å². The first-order valence-electron chi connectivity index (χ1n) is 3.36. The van der Waals surface area contributed by atoms with Gasteiger partial charge in [-0.05, 0) is 25.1 Å². The highest BCUT2D eigenvalue weighted by atomic mass is 32.1. The monoisotopic (exact) mass is 193 g/mol. The Labute approximate surface area is 79.9 Å². The number of nitrogens with zero attached hydrogens (tertiary/aromatic N) is 1. The van der Waals surface area contributed by atoms with Gasteiger partial charge in [-0.15, -0.1) is 11.3 Å². The van der Waals surface area contributed by atoms with Crippen molar-refractivity contribution in [2.75, 3.05) is 0 Å². The Hall–Kier alpha value is -1.69. The van der Waals surface area contributed by atoms with E-state index in [2.05, 4.69) is 0 Å². The molecular formula is C9H7NO2S. The van der Waals surface area contributed by atoms with E-state index in [1.165, 1.54) is 11.0 Å². The fourth-order valence-electron chi connectivity index (χ4n) is 0.662. The molecule has 0 aromatic carbocycles. The van der Waals surface area contributed by atoms with Gasteiger partial charge in [0.25, 0.3) is 0 Å². The molecule has 0 fully saturated rings. The number of thiophene rings is 1. The molecular weight excluding hydrogens is 186 g/mol. The molecule has 4 heteroatoms. The van der Waals surface area contributed by atoms with E-state index in [0.29, 0.717) is 0 Å². The van der Waals surface area contributed by atoms with Crippen LogP contribution >= 0.6 is 11.3 Å². The molecule has 0 radical (unpaired) electrons. The molecule has 13 heavy (non-hydrogen) atoms. The summed E-state index contributed by atoms with van der Waals surface area (Å²) < 4.78 is 0. The van der Waals surface area contributed by atoms with Crippen molar-refractivity contribution >= 4 is 23.6 Å². The Bertz CT molecular complexity index is 354. The molecule has 0 saturated carbocycles. The highest BCUT2D eigenvalue weighted by Crippen LogP contribution is 2.15. The van der Waals surface area contributed by atoms with Crippen LogP contribution in [0.2, 0.25) is 0 Å². The SMILES string of the molecule is Cc1ccc(/C=C\C#N)s1.O=C=O. The van der Waals surface area contributed by atoms with Gasteiger partial charge in [0, 0.05) is 15.8 Å². The average molecular weight is 193 g/mol. The van der Waals surface area contributed by atoms with Crippen LogP contribution in [0.25, 0.3) is 6.08 Å². The van der Waals surface area contributed by atoms with Crippen LogP contribution in [0.3, 0.4) is 0 Å². The molecule has 0 saturated heterocycles. The van der Waals surface area contributed by atoms with E-state index in [9.17, 15) is 0 Å². The number of hydrogen-bond donors (Lipinski definition) is 0. The Morgan fingerprint density at radius 3 is 2.46 bits per heavy atom. The maximum atomic E-state index is 8.20. The summed E-state index contributed by atoms with van der Waals surface area (Å²) in [5.41, 5.74) is 0. The van der Waals surface area contributed by atoms with Crippen LogP contribution in [-0.2, 0) is 9.59 Å². The molecule has 0 spiro atoms. The normalized spacial score (nSPS) is 8.31. The molecule has 66 valence electrons. The summed E-state index contributed by atoms with van der Waals surface area (Å²) in [5.74, 6) is 0. The van der Waals surface area contributed by atoms with Crippen LogP contribution in [0.5, 0.6) is 0 Å². The van der Waals surface area contributed by atoms with Gasteiger partial charge in [-0.2, -0.15) is 14.9 Å². The number of rotatable bonds is 1. The molecule has 3 nitrogen and oxygen atoms in total. The van der Waals surface area contributed by atoms with Crippen LogP contribution in [0.15, 0.2) is 18.2 Å². The van der Waals surface area contributed by atoms with Gasteiger partial charge >= 0.3 is 6.15 Å². The van der Waals surface area contributed by atoms with E-state index in [-0.39, 0.29) is 6.15 Å². The minimum atomic E-state index is 0.250. The molecule has 0 aliphatic heterocycles. The molecule has 0 atom stereocenters. The van der Waals surface area contributed by atoms with Crippen LogP contribution in [0.1, 0.15) is 9.75 Å². The number of hydrogen-bond acceptors (Lipinski definition) is 4. The molecule has 0 aliphatic carbocycles. The lowest BCUT2D eigenvalue weighted by Crippen LogP contribution is -1.52. The zero-order chi connectivity index (χ0) is 10.1. The summed E-state index contributed by atoms with van der Waals surface area (Å²) in [6, 6.07) is 6.00. The summed E-state index contributed by atoms with van der Waals surface area (Å²) in [7, 11) is 0. The second kappa shape index (κ2) is 6.99. The first-order chi connectivity index (χ1) is 6.24. The minimum Gasteiger partial charge on any atom is -0.193 e. The lowest BCUT2D eigenvalue weighted by Gasteiger charge is -1.76. The Morgan fingerprint density at radius 1 is 1.46 bits per heavy atom. The molecule has 1 heterocycles. The number of allylic oxidation sites excluding steroid dienone is 1. The van der Waals surface area contributed by atoms with Gasteiger partial charge in [0.2, 0.25) is 0 Å². The van der Waals surface area contributed by atoms with Crippen molar-refractivity contribution in [1.29, 1.82) is 5.26 Å². The second-order valence-electron chi connectivity index (χ2n) is 1.99. The number of aryl methyl sites for hydroxylation is 1. The first kappa shape index (κ1) is 11.3. The van der Waals surface area contributed by atoms with Crippen LogP contribution in [0.4, 0.5) is 0 Å². The van der Waals surface area contributed by atoms with Gasteiger partial charge in [-0.3, -0.25) is 0 Å². The second-order valence-corrected chi connectivity index (χ2v) is 3.31. The highest BCUT2D eigenvalue weighted by molar-refractivity contribution is 7.12. The zero-order valence-corrected chi connectivity index (χ0v) is 7.80. The lowest BCUT2D eigenvalue weighted by atomic mass is 10.4. The lowest BCUT2D eigenvalue weighted by molar-refractivity contribution is -0.191. The highest BCUT2D eigenvalue weighted by Gasteiger charge is 1.88.